The average Bonchev–Trinajstić information content (AvgIpc) is 2.66. The summed E-state index contributed by atoms with van der Waals surface area (Å²) in [6, 6.07) is 10.7. The van der Waals surface area contributed by atoms with Gasteiger partial charge in [-0.05, 0) is 31.5 Å². The summed E-state index contributed by atoms with van der Waals surface area (Å²) in [5.74, 6) is -1.58. The first-order chi connectivity index (χ1) is 13.3. The molecule has 2 aromatic rings. The number of benzene rings is 2. The Kier molecular flexibility index (Phi) is 6.80. The number of nitro groups is 1. The van der Waals surface area contributed by atoms with E-state index in [1.807, 2.05) is 26.0 Å². The lowest BCUT2D eigenvalue weighted by Crippen LogP contribution is -2.41. The molecule has 0 radical (unpaired) electrons. The van der Waals surface area contributed by atoms with E-state index in [-0.39, 0.29) is 30.0 Å². The fourth-order valence-corrected chi connectivity index (χ4v) is 2.42. The highest BCUT2D eigenvalue weighted by atomic mass is 16.6. The minimum absolute atomic E-state index is 0.0297. The summed E-state index contributed by atoms with van der Waals surface area (Å²) >= 11 is 0. The number of aryl methyl sites for hydroxylation is 2. The minimum Gasteiger partial charge on any atom is -0.326 e. The lowest BCUT2D eigenvalue weighted by molar-refractivity contribution is -0.384. The average molecular weight is 384 g/mol. The van der Waals surface area contributed by atoms with E-state index < -0.39 is 16.7 Å². The van der Waals surface area contributed by atoms with Gasteiger partial charge in [-0.15, -0.1) is 0 Å². The van der Waals surface area contributed by atoms with Crippen molar-refractivity contribution in [2.75, 3.05) is 5.32 Å². The van der Waals surface area contributed by atoms with Crippen LogP contribution in [0.1, 0.15) is 34.3 Å². The monoisotopic (exact) mass is 384 g/mol. The lowest BCUT2D eigenvalue weighted by Gasteiger charge is -2.10. The van der Waals surface area contributed by atoms with Gasteiger partial charge < -0.3 is 5.32 Å². The van der Waals surface area contributed by atoms with Crippen LogP contribution >= 0.6 is 0 Å². The molecule has 0 spiro atoms. The van der Waals surface area contributed by atoms with Crippen LogP contribution in [0.15, 0.2) is 42.5 Å². The summed E-state index contributed by atoms with van der Waals surface area (Å²) in [6.45, 7) is 3.82. The van der Waals surface area contributed by atoms with Gasteiger partial charge in [-0.2, -0.15) is 0 Å². The molecule has 9 nitrogen and oxygen atoms in total. The first-order valence-electron chi connectivity index (χ1n) is 8.47. The summed E-state index contributed by atoms with van der Waals surface area (Å²) in [4.78, 5) is 45.8. The number of nitrogens with one attached hydrogen (secondary N) is 3. The van der Waals surface area contributed by atoms with E-state index in [1.54, 1.807) is 6.07 Å². The second-order valence-electron chi connectivity index (χ2n) is 6.18. The second-order valence-corrected chi connectivity index (χ2v) is 6.18. The molecule has 0 aromatic heterocycles. The topological polar surface area (TPSA) is 130 Å². The molecule has 28 heavy (non-hydrogen) atoms. The Balaban J connectivity index is 1.79. The molecule has 0 fully saturated rings. The van der Waals surface area contributed by atoms with E-state index in [1.165, 1.54) is 18.2 Å². The third kappa shape index (κ3) is 5.90. The number of carbonyl (C=O) groups excluding carboxylic acids is 3. The quantitative estimate of drug-likeness (QED) is 0.520. The van der Waals surface area contributed by atoms with E-state index in [0.717, 1.165) is 17.2 Å². The number of anilines is 1. The number of hydrogen-bond acceptors (Lipinski definition) is 5. The van der Waals surface area contributed by atoms with Gasteiger partial charge >= 0.3 is 0 Å². The summed E-state index contributed by atoms with van der Waals surface area (Å²) in [6.07, 6.45) is -0.197. The van der Waals surface area contributed by atoms with Crippen molar-refractivity contribution >= 4 is 29.1 Å². The number of amides is 3. The Morgan fingerprint density at radius 1 is 0.964 bits per heavy atom. The SMILES string of the molecule is Cc1ccc(NC(=O)CCC(=O)NNC(=O)c2cccc([N+](=O)[O-])c2)c(C)c1. The van der Waals surface area contributed by atoms with Crippen LogP contribution < -0.4 is 16.2 Å². The largest absolute Gasteiger partial charge is 0.326 e. The summed E-state index contributed by atoms with van der Waals surface area (Å²) in [7, 11) is 0. The van der Waals surface area contributed by atoms with Crippen LogP contribution in [-0.2, 0) is 9.59 Å². The number of non-ortho nitro benzene ring substituents is 1. The van der Waals surface area contributed by atoms with Crippen LogP contribution in [-0.4, -0.2) is 22.6 Å². The maximum Gasteiger partial charge on any atom is 0.270 e. The van der Waals surface area contributed by atoms with Crippen molar-refractivity contribution in [3.63, 3.8) is 0 Å². The number of carbonyl (C=O) groups is 3. The molecule has 0 bridgehead atoms. The standard InChI is InChI=1S/C19H20N4O5/c1-12-6-7-16(13(2)10-12)20-17(24)8-9-18(25)21-22-19(26)14-4-3-5-15(11-14)23(27)28/h3-7,10-11H,8-9H2,1-2H3,(H,20,24)(H,21,25)(H,22,26). The number of rotatable bonds is 6. The summed E-state index contributed by atoms with van der Waals surface area (Å²) in [5, 5.41) is 13.5. The Morgan fingerprint density at radius 2 is 1.68 bits per heavy atom. The van der Waals surface area contributed by atoms with Crippen LogP contribution in [0.5, 0.6) is 0 Å². The van der Waals surface area contributed by atoms with Crippen LogP contribution in [0.3, 0.4) is 0 Å². The van der Waals surface area contributed by atoms with E-state index in [9.17, 15) is 24.5 Å². The molecule has 146 valence electrons. The van der Waals surface area contributed by atoms with Gasteiger partial charge in [0.25, 0.3) is 11.6 Å². The predicted molar refractivity (Wildman–Crippen MR) is 102 cm³/mol. The Morgan fingerprint density at radius 3 is 2.36 bits per heavy atom. The Hall–Kier alpha value is -3.75. The zero-order valence-corrected chi connectivity index (χ0v) is 15.4. The van der Waals surface area contributed by atoms with Crippen LogP contribution in [0.25, 0.3) is 0 Å². The van der Waals surface area contributed by atoms with Crippen molar-refractivity contribution in [1.29, 1.82) is 0 Å². The van der Waals surface area contributed by atoms with Gasteiger partial charge in [-0.25, -0.2) is 0 Å². The molecule has 0 atom stereocenters. The molecule has 0 heterocycles. The predicted octanol–water partition coefficient (Wildman–Crippen LogP) is 2.39. The van der Waals surface area contributed by atoms with Crippen molar-refractivity contribution in [3.8, 4) is 0 Å². The first kappa shape index (κ1) is 20.6. The minimum atomic E-state index is -0.697. The third-order valence-corrected chi connectivity index (χ3v) is 3.87. The molecule has 9 heteroatoms. The molecule has 2 aromatic carbocycles. The van der Waals surface area contributed by atoms with E-state index in [0.29, 0.717) is 5.69 Å². The van der Waals surface area contributed by atoms with Crippen molar-refractivity contribution in [2.45, 2.75) is 26.7 Å². The van der Waals surface area contributed by atoms with Crippen molar-refractivity contribution in [3.05, 3.63) is 69.3 Å². The van der Waals surface area contributed by atoms with E-state index in [4.69, 9.17) is 0 Å². The number of hydrazine groups is 1. The maximum absolute atomic E-state index is 12.0. The highest BCUT2D eigenvalue weighted by molar-refractivity contribution is 5.97. The zero-order chi connectivity index (χ0) is 20.7. The van der Waals surface area contributed by atoms with Gasteiger partial charge in [0, 0.05) is 36.2 Å². The van der Waals surface area contributed by atoms with E-state index in [2.05, 4.69) is 16.2 Å². The smallest absolute Gasteiger partial charge is 0.270 e. The first-order valence-corrected chi connectivity index (χ1v) is 8.47. The highest BCUT2D eigenvalue weighted by Crippen LogP contribution is 2.16. The van der Waals surface area contributed by atoms with Crippen molar-refractivity contribution in [2.24, 2.45) is 0 Å². The molecule has 3 amide bonds. The third-order valence-electron chi connectivity index (χ3n) is 3.87. The second kappa shape index (κ2) is 9.26. The number of nitro benzene ring substituents is 1. The van der Waals surface area contributed by atoms with Gasteiger partial charge in [-0.3, -0.25) is 35.3 Å². The molecule has 2 rings (SSSR count). The molecule has 0 unspecified atom stereocenters. The lowest BCUT2D eigenvalue weighted by atomic mass is 10.1. The van der Waals surface area contributed by atoms with Gasteiger partial charge in [0.1, 0.15) is 0 Å². The van der Waals surface area contributed by atoms with Crippen molar-refractivity contribution < 1.29 is 19.3 Å². The van der Waals surface area contributed by atoms with Gasteiger partial charge in [0.05, 0.1) is 4.92 Å². The van der Waals surface area contributed by atoms with Crippen LogP contribution in [0.4, 0.5) is 11.4 Å². The molecular formula is C19H20N4O5. The van der Waals surface area contributed by atoms with Crippen LogP contribution in [0.2, 0.25) is 0 Å². The molecular weight excluding hydrogens is 364 g/mol. The maximum atomic E-state index is 12.0. The highest BCUT2D eigenvalue weighted by Gasteiger charge is 2.13. The Bertz CT molecular complexity index is 926. The number of hydrogen-bond donors (Lipinski definition) is 3. The Labute approximate surface area is 161 Å². The molecule has 0 aliphatic heterocycles. The van der Waals surface area contributed by atoms with Gasteiger partial charge in [-0.1, -0.05) is 23.8 Å². The molecule has 3 N–H and O–H groups in total. The summed E-state index contributed by atoms with van der Waals surface area (Å²) in [5.41, 5.74) is 6.81. The fraction of sp³-hybridized carbons (Fsp3) is 0.211. The molecule has 0 aliphatic carbocycles. The zero-order valence-electron chi connectivity index (χ0n) is 15.4. The molecule has 0 saturated heterocycles. The number of nitrogens with zero attached hydrogens (tertiary/aromatic N) is 1. The fourth-order valence-electron chi connectivity index (χ4n) is 2.42. The van der Waals surface area contributed by atoms with Gasteiger partial charge in [0.2, 0.25) is 11.8 Å². The normalized spacial score (nSPS) is 10.1. The molecule has 0 aliphatic rings. The van der Waals surface area contributed by atoms with Gasteiger partial charge in [0.15, 0.2) is 0 Å². The summed E-state index contributed by atoms with van der Waals surface area (Å²) < 4.78 is 0. The van der Waals surface area contributed by atoms with E-state index >= 15 is 0 Å². The van der Waals surface area contributed by atoms with Crippen molar-refractivity contribution in [1.82, 2.24) is 10.9 Å². The van der Waals surface area contributed by atoms with Crippen LogP contribution in [0, 0.1) is 24.0 Å². The molecule has 0 saturated carbocycles.